The van der Waals surface area contributed by atoms with Crippen LogP contribution >= 0.6 is 0 Å². The topological polar surface area (TPSA) is 69.8 Å². The molecule has 7 nitrogen and oxygen atoms in total. The molecule has 0 atom stereocenters. The number of alkyl halides is 3. The summed E-state index contributed by atoms with van der Waals surface area (Å²) in [6.45, 7) is 0.733. The number of aryl methyl sites for hydroxylation is 1. The summed E-state index contributed by atoms with van der Waals surface area (Å²) in [6, 6.07) is 8.74. The molecule has 3 heterocycles. The lowest BCUT2D eigenvalue weighted by Crippen LogP contribution is -2.17. The number of fused-ring (bicyclic) bond motifs is 1. The fourth-order valence-electron chi connectivity index (χ4n) is 3.00. The van der Waals surface area contributed by atoms with Gasteiger partial charge in [-0.25, -0.2) is 4.98 Å². The highest BCUT2D eigenvalue weighted by Crippen LogP contribution is 2.28. The molecular weight excluding hydrogens is 385 g/mol. The SMILES string of the molecule is COc1nc(Nc2cccc3cn(CC(F)(F)F)nc23)ccc1-n1cnc(C)c1. The van der Waals surface area contributed by atoms with Crippen LogP contribution in [0.25, 0.3) is 16.6 Å². The number of hydrogen-bond donors (Lipinski definition) is 1. The van der Waals surface area contributed by atoms with Crippen molar-refractivity contribution in [2.45, 2.75) is 19.6 Å². The van der Waals surface area contributed by atoms with Crippen molar-refractivity contribution in [2.24, 2.45) is 0 Å². The lowest BCUT2D eigenvalue weighted by molar-refractivity contribution is -0.142. The first kappa shape index (κ1) is 18.8. The van der Waals surface area contributed by atoms with Crippen molar-refractivity contribution in [1.82, 2.24) is 24.3 Å². The van der Waals surface area contributed by atoms with Gasteiger partial charge in [-0.1, -0.05) is 12.1 Å². The van der Waals surface area contributed by atoms with Gasteiger partial charge in [-0.15, -0.1) is 0 Å². The molecular formula is C19H17F3N6O. The number of methoxy groups -OCH3 is 1. The van der Waals surface area contributed by atoms with Gasteiger partial charge in [-0.2, -0.15) is 23.3 Å². The van der Waals surface area contributed by atoms with E-state index in [1.807, 2.05) is 19.2 Å². The monoisotopic (exact) mass is 402 g/mol. The zero-order chi connectivity index (χ0) is 20.6. The van der Waals surface area contributed by atoms with E-state index in [0.29, 0.717) is 34.0 Å². The lowest BCUT2D eigenvalue weighted by atomic mass is 10.2. The van der Waals surface area contributed by atoms with E-state index in [1.54, 1.807) is 35.2 Å². The number of pyridine rings is 1. The second kappa shape index (κ2) is 7.12. The van der Waals surface area contributed by atoms with Gasteiger partial charge < -0.3 is 14.6 Å². The fraction of sp³-hybridized carbons (Fsp3) is 0.211. The summed E-state index contributed by atoms with van der Waals surface area (Å²) >= 11 is 0. The Labute approximate surface area is 163 Å². The van der Waals surface area contributed by atoms with Gasteiger partial charge in [0.05, 0.1) is 24.8 Å². The number of ether oxygens (including phenoxy) is 1. The number of halogens is 3. The first-order valence-electron chi connectivity index (χ1n) is 8.68. The Morgan fingerprint density at radius 1 is 1.14 bits per heavy atom. The molecule has 0 saturated heterocycles. The molecule has 0 aliphatic carbocycles. The summed E-state index contributed by atoms with van der Waals surface area (Å²) < 4.78 is 46.1. The van der Waals surface area contributed by atoms with Gasteiger partial charge >= 0.3 is 6.18 Å². The van der Waals surface area contributed by atoms with Crippen LogP contribution in [0.3, 0.4) is 0 Å². The maximum Gasteiger partial charge on any atom is 0.408 e. The average Bonchev–Trinajstić information content (AvgIpc) is 3.26. The number of imidazole rings is 1. The van der Waals surface area contributed by atoms with Crippen LogP contribution in [0, 0.1) is 6.92 Å². The van der Waals surface area contributed by atoms with Crippen LogP contribution < -0.4 is 10.1 Å². The summed E-state index contributed by atoms with van der Waals surface area (Å²) in [6.07, 6.45) is 0.537. The summed E-state index contributed by atoms with van der Waals surface area (Å²) in [5.74, 6) is 0.850. The van der Waals surface area contributed by atoms with Crippen molar-refractivity contribution in [3.8, 4) is 11.6 Å². The lowest BCUT2D eigenvalue weighted by Gasteiger charge is -2.11. The van der Waals surface area contributed by atoms with E-state index >= 15 is 0 Å². The number of hydrogen-bond acceptors (Lipinski definition) is 5. The van der Waals surface area contributed by atoms with Crippen molar-refractivity contribution in [3.05, 3.63) is 54.7 Å². The Hall–Kier alpha value is -3.56. The van der Waals surface area contributed by atoms with Crippen molar-refractivity contribution in [2.75, 3.05) is 12.4 Å². The molecule has 4 rings (SSSR count). The number of anilines is 2. The highest BCUT2D eigenvalue weighted by atomic mass is 19.4. The van der Waals surface area contributed by atoms with E-state index in [4.69, 9.17) is 4.74 Å². The third-order valence-electron chi connectivity index (χ3n) is 4.21. The Bertz CT molecular complexity index is 1160. The highest BCUT2D eigenvalue weighted by molar-refractivity contribution is 5.91. The van der Waals surface area contributed by atoms with E-state index in [9.17, 15) is 13.2 Å². The summed E-state index contributed by atoms with van der Waals surface area (Å²) in [5, 5.41) is 7.77. The Morgan fingerprint density at radius 3 is 2.66 bits per heavy atom. The maximum absolute atomic E-state index is 12.7. The molecule has 0 saturated carbocycles. The molecule has 0 spiro atoms. The molecule has 1 aromatic carbocycles. The van der Waals surface area contributed by atoms with Crippen LogP contribution in [0.1, 0.15) is 5.69 Å². The molecule has 0 amide bonds. The molecule has 10 heteroatoms. The zero-order valence-corrected chi connectivity index (χ0v) is 15.6. The molecule has 0 bridgehead atoms. The third-order valence-corrected chi connectivity index (χ3v) is 4.21. The molecule has 0 unspecified atom stereocenters. The van der Waals surface area contributed by atoms with Gasteiger partial charge in [-0.3, -0.25) is 4.68 Å². The largest absolute Gasteiger partial charge is 0.479 e. The molecule has 29 heavy (non-hydrogen) atoms. The van der Waals surface area contributed by atoms with E-state index in [0.717, 1.165) is 10.4 Å². The van der Waals surface area contributed by atoms with Gasteiger partial charge in [-0.05, 0) is 25.1 Å². The number of benzene rings is 1. The average molecular weight is 402 g/mol. The van der Waals surface area contributed by atoms with Crippen LogP contribution in [0.5, 0.6) is 5.88 Å². The molecule has 0 fully saturated rings. The minimum Gasteiger partial charge on any atom is -0.479 e. The Morgan fingerprint density at radius 2 is 1.97 bits per heavy atom. The fourth-order valence-corrected chi connectivity index (χ4v) is 3.00. The third kappa shape index (κ3) is 4.00. The molecule has 0 radical (unpaired) electrons. The highest BCUT2D eigenvalue weighted by Gasteiger charge is 2.28. The molecule has 0 aliphatic heterocycles. The van der Waals surface area contributed by atoms with Crippen LogP contribution in [0.15, 0.2) is 49.1 Å². The van der Waals surface area contributed by atoms with Gasteiger partial charge in [0.15, 0.2) is 0 Å². The predicted molar refractivity (Wildman–Crippen MR) is 102 cm³/mol. The quantitative estimate of drug-likeness (QED) is 0.541. The van der Waals surface area contributed by atoms with Crippen molar-refractivity contribution >= 4 is 22.4 Å². The van der Waals surface area contributed by atoms with Crippen molar-refractivity contribution < 1.29 is 17.9 Å². The number of nitrogens with one attached hydrogen (secondary N) is 1. The normalized spacial score (nSPS) is 11.8. The smallest absolute Gasteiger partial charge is 0.408 e. The second-order valence-electron chi connectivity index (χ2n) is 6.46. The molecule has 1 N–H and O–H groups in total. The molecule has 3 aromatic heterocycles. The van der Waals surface area contributed by atoms with E-state index in [-0.39, 0.29) is 0 Å². The van der Waals surface area contributed by atoms with E-state index in [2.05, 4.69) is 20.4 Å². The van der Waals surface area contributed by atoms with E-state index in [1.165, 1.54) is 13.3 Å². The Balaban J connectivity index is 1.66. The molecule has 0 aliphatic rings. The standard InChI is InChI=1S/C19H17F3N6O/c1-12-8-27(11-23-12)15-6-7-16(25-18(15)29-2)24-14-5-3-4-13-9-28(26-17(13)14)10-19(20,21)22/h3-9,11H,10H2,1-2H3,(H,24,25). The summed E-state index contributed by atoms with van der Waals surface area (Å²) in [7, 11) is 1.51. The van der Waals surface area contributed by atoms with Crippen molar-refractivity contribution in [1.29, 1.82) is 0 Å². The predicted octanol–water partition coefficient (Wildman–Crippen LogP) is 4.24. The van der Waals surface area contributed by atoms with Gasteiger partial charge in [0.25, 0.3) is 0 Å². The first-order valence-corrected chi connectivity index (χ1v) is 8.68. The van der Waals surface area contributed by atoms with Gasteiger partial charge in [0.2, 0.25) is 5.88 Å². The summed E-state index contributed by atoms with van der Waals surface area (Å²) in [4.78, 5) is 8.64. The van der Waals surface area contributed by atoms with E-state index < -0.39 is 12.7 Å². The minimum absolute atomic E-state index is 0.377. The first-order chi connectivity index (χ1) is 13.8. The molecule has 150 valence electrons. The number of aromatic nitrogens is 5. The van der Waals surface area contributed by atoms with Crippen LogP contribution in [0.4, 0.5) is 24.7 Å². The maximum atomic E-state index is 12.7. The summed E-state index contributed by atoms with van der Waals surface area (Å²) in [5.41, 5.74) is 2.54. The van der Waals surface area contributed by atoms with Crippen LogP contribution in [-0.2, 0) is 6.54 Å². The van der Waals surface area contributed by atoms with Crippen molar-refractivity contribution in [3.63, 3.8) is 0 Å². The molecule has 4 aromatic rings. The zero-order valence-electron chi connectivity index (χ0n) is 15.6. The van der Waals surface area contributed by atoms with Gasteiger partial charge in [0, 0.05) is 17.8 Å². The van der Waals surface area contributed by atoms with Gasteiger partial charge in [0.1, 0.15) is 23.6 Å². The van der Waals surface area contributed by atoms with Crippen LogP contribution in [0.2, 0.25) is 0 Å². The second-order valence-corrected chi connectivity index (χ2v) is 6.46. The number of rotatable bonds is 5. The minimum atomic E-state index is -4.34. The van der Waals surface area contributed by atoms with Crippen LogP contribution in [-0.4, -0.2) is 37.6 Å². The Kier molecular flexibility index (Phi) is 4.61. The number of nitrogens with zero attached hydrogens (tertiary/aromatic N) is 5.